The summed E-state index contributed by atoms with van der Waals surface area (Å²) < 4.78 is 0. The number of carbonyl (C=O) groups is 1. The van der Waals surface area contributed by atoms with Crippen molar-refractivity contribution in [1.82, 2.24) is 5.32 Å². The van der Waals surface area contributed by atoms with E-state index in [1.54, 1.807) is 6.34 Å². The first-order valence-corrected chi connectivity index (χ1v) is 12.8. The zero-order chi connectivity index (χ0) is 23.0. The first kappa shape index (κ1) is 34.0. The van der Waals surface area contributed by atoms with Crippen LogP contribution in [-0.2, 0) is 4.79 Å². The summed E-state index contributed by atoms with van der Waals surface area (Å²) in [6.45, 7) is 3.78. The van der Waals surface area contributed by atoms with Gasteiger partial charge in [-0.05, 0) is 6.42 Å². The number of aliphatic imine (C=N–C) groups is 1. The fourth-order valence-corrected chi connectivity index (χ4v) is 3.83. The average molecular weight is 467 g/mol. The summed E-state index contributed by atoms with van der Waals surface area (Å²) in [5, 5.41) is 30.8. The number of hydrogen-bond donors (Lipinski definition) is 4. The quantitative estimate of drug-likeness (QED) is 0.163. The van der Waals surface area contributed by atoms with Gasteiger partial charge in [0.25, 0.3) is 0 Å². The monoisotopic (exact) mass is 466 g/mol. The summed E-state index contributed by atoms with van der Waals surface area (Å²) in [5.41, 5.74) is -1.44. The molecule has 4 N–H and O–H groups in total. The van der Waals surface area contributed by atoms with Crippen LogP contribution in [-0.4, -0.2) is 52.9 Å². The van der Waals surface area contributed by atoms with Gasteiger partial charge in [0.1, 0.15) is 0 Å². The predicted molar refractivity (Wildman–Crippen MR) is 131 cm³/mol. The van der Waals surface area contributed by atoms with Crippen LogP contribution in [0.15, 0.2) is 4.99 Å². The van der Waals surface area contributed by atoms with Crippen molar-refractivity contribution in [3.63, 3.8) is 0 Å². The van der Waals surface area contributed by atoms with E-state index in [0.29, 0.717) is 6.42 Å². The number of hydrogen-bond acceptors (Lipinski definition) is 5. The third-order valence-corrected chi connectivity index (χ3v) is 5.84. The minimum atomic E-state index is -1.44. The number of aliphatic hydroxyl groups is 2. The Labute approximate surface area is 220 Å². The number of aliphatic carboxylic acids is 1. The van der Waals surface area contributed by atoms with Gasteiger partial charge in [-0.2, -0.15) is 0 Å². The molecular formula is C25H51N2NaO4. The van der Waals surface area contributed by atoms with Gasteiger partial charge in [-0.3, -0.25) is 9.79 Å². The molecule has 1 aliphatic heterocycles. The van der Waals surface area contributed by atoms with E-state index in [4.69, 9.17) is 10.2 Å². The topological polar surface area (TPSA) is 102 Å². The smallest absolute Gasteiger partial charge is 1.00 e. The van der Waals surface area contributed by atoms with Crippen LogP contribution in [0.25, 0.3) is 0 Å². The van der Waals surface area contributed by atoms with Crippen LogP contribution in [0.4, 0.5) is 0 Å². The van der Waals surface area contributed by atoms with Crippen molar-refractivity contribution in [1.29, 1.82) is 0 Å². The normalized spacial score (nSPS) is 14.1. The summed E-state index contributed by atoms with van der Waals surface area (Å²) in [7, 11) is 0. The molecule has 1 unspecified atom stereocenters. The Hall–Kier alpha value is -0.140. The van der Waals surface area contributed by atoms with Crippen LogP contribution in [0.5, 0.6) is 0 Å². The summed E-state index contributed by atoms with van der Waals surface area (Å²) in [6.07, 6.45) is 22.3. The van der Waals surface area contributed by atoms with Crippen molar-refractivity contribution in [2.24, 2.45) is 4.99 Å². The first-order chi connectivity index (χ1) is 15.0. The molecule has 0 saturated carbocycles. The van der Waals surface area contributed by atoms with Crippen molar-refractivity contribution >= 4 is 12.3 Å². The number of nitrogens with zero attached hydrogens (tertiary/aromatic N) is 1. The zero-order valence-electron chi connectivity index (χ0n) is 22.1. The molecule has 0 spiro atoms. The molecule has 0 amide bonds. The number of nitrogens with one attached hydrogen (secondary N) is 1. The van der Waals surface area contributed by atoms with Crippen LogP contribution in [0.3, 0.4) is 0 Å². The molecule has 0 aliphatic carbocycles. The molecule has 1 rings (SSSR count). The Morgan fingerprint density at radius 2 is 1.34 bits per heavy atom. The van der Waals surface area contributed by atoms with E-state index < -0.39 is 18.2 Å². The molecule has 1 heterocycles. The summed E-state index contributed by atoms with van der Waals surface area (Å²) in [4.78, 5) is 14.5. The van der Waals surface area contributed by atoms with Gasteiger partial charge in [-0.15, -0.1) is 0 Å². The van der Waals surface area contributed by atoms with Crippen molar-refractivity contribution in [3.05, 3.63) is 0 Å². The molecular weight excluding hydrogens is 415 g/mol. The van der Waals surface area contributed by atoms with Crippen LogP contribution in [0.2, 0.25) is 0 Å². The van der Waals surface area contributed by atoms with Crippen molar-refractivity contribution in [2.75, 3.05) is 19.7 Å². The van der Waals surface area contributed by atoms with E-state index in [1.165, 1.54) is 83.5 Å². The standard InChI is InChI=1S/C22H44O4.C3H6N2.Na.H/c1-2-3-4-5-6-7-8-9-10-11-12-13-14-15-16-17-18-22(26,20-23)19-21(24)25;1-2-5-3-4-1;;/h23,26H,2-20H2,1H3,(H,24,25);3H,1-2H2,(H,4,5);;/q;;+1;-1. The van der Waals surface area contributed by atoms with Crippen molar-refractivity contribution in [3.8, 4) is 0 Å². The van der Waals surface area contributed by atoms with Gasteiger partial charge in [0, 0.05) is 6.54 Å². The molecule has 1 atom stereocenters. The molecule has 0 fully saturated rings. The Morgan fingerprint density at radius 3 is 1.62 bits per heavy atom. The van der Waals surface area contributed by atoms with E-state index in [2.05, 4.69) is 17.2 Å². The molecule has 32 heavy (non-hydrogen) atoms. The average Bonchev–Trinajstić information content (AvgIpc) is 3.33. The third-order valence-electron chi connectivity index (χ3n) is 5.84. The summed E-state index contributed by atoms with van der Waals surface area (Å²) in [6, 6.07) is 0. The van der Waals surface area contributed by atoms with E-state index in [0.717, 1.165) is 32.4 Å². The molecule has 0 aromatic carbocycles. The van der Waals surface area contributed by atoms with Crippen LogP contribution >= 0.6 is 0 Å². The van der Waals surface area contributed by atoms with Gasteiger partial charge in [-0.25, -0.2) is 0 Å². The van der Waals surface area contributed by atoms with Gasteiger partial charge in [0.2, 0.25) is 0 Å². The number of aliphatic hydroxyl groups excluding tert-OH is 1. The zero-order valence-corrected chi connectivity index (χ0v) is 23.1. The van der Waals surface area contributed by atoms with Gasteiger partial charge >= 0.3 is 35.5 Å². The van der Waals surface area contributed by atoms with Gasteiger partial charge in [0.15, 0.2) is 0 Å². The minimum Gasteiger partial charge on any atom is -1.00 e. The molecule has 0 saturated heterocycles. The molecule has 7 heteroatoms. The summed E-state index contributed by atoms with van der Waals surface area (Å²) >= 11 is 0. The van der Waals surface area contributed by atoms with E-state index >= 15 is 0 Å². The third kappa shape index (κ3) is 24.5. The van der Waals surface area contributed by atoms with Crippen LogP contribution in [0.1, 0.15) is 124 Å². The number of rotatable bonds is 20. The van der Waals surface area contributed by atoms with E-state index in [1.807, 2.05) is 0 Å². The Kier molecular flexibility index (Phi) is 27.1. The Morgan fingerprint density at radius 1 is 0.906 bits per heavy atom. The fraction of sp³-hybridized carbons (Fsp3) is 0.920. The van der Waals surface area contributed by atoms with E-state index in [-0.39, 0.29) is 37.4 Å². The molecule has 0 aromatic heterocycles. The van der Waals surface area contributed by atoms with E-state index in [9.17, 15) is 9.90 Å². The second-order valence-electron chi connectivity index (χ2n) is 9.00. The molecule has 0 bridgehead atoms. The maximum atomic E-state index is 10.7. The second-order valence-corrected chi connectivity index (χ2v) is 9.00. The van der Waals surface area contributed by atoms with Crippen LogP contribution < -0.4 is 34.9 Å². The number of carboxylic acids is 1. The van der Waals surface area contributed by atoms with Gasteiger partial charge in [-0.1, -0.05) is 110 Å². The molecule has 0 radical (unpaired) electrons. The van der Waals surface area contributed by atoms with Gasteiger partial charge < -0.3 is 22.1 Å². The largest absolute Gasteiger partial charge is 1.00 e. The Bertz CT molecular complexity index is 439. The fourth-order valence-electron chi connectivity index (χ4n) is 3.83. The Balaban J connectivity index is -0.00000112. The number of carboxylic acid groups (broad SMARTS) is 1. The minimum absolute atomic E-state index is 0. The molecule has 0 aromatic rings. The predicted octanol–water partition coefficient (Wildman–Crippen LogP) is 2.57. The maximum absolute atomic E-state index is 10.7. The number of unbranched alkanes of at least 4 members (excludes halogenated alkanes) is 15. The maximum Gasteiger partial charge on any atom is 1.00 e. The molecule has 6 nitrogen and oxygen atoms in total. The summed E-state index contributed by atoms with van der Waals surface area (Å²) in [5.74, 6) is -1.06. The first-order valence-electron chi connectivity index (χ1n) is 12.8. The van der Waals surface area contributed by atoms with Crippen molar-refractivity contribution in [2.45, 2.75) is 128 Å². The van der Waals surface area contributed by atoms with Gasteiger partial charge in [0.05, 0.1) is 31.5 Å². The molecule has 1 aliphatic rings. The SMILES string of the molecule is C1=NCCN1.CCCCCCCCCCCCCCCCCCC(O)(CO)CC(=O)O.[H-].[Na+]. The molecule has 186 valence electrons. The van der Waals surface area contributed by atoms with Crippen LogP contribution in [0, 0.1) is 0 Å². The second kappa shape index (κ2) is 25.5. The van der Waals surface area contributed by atoms with Crippen molar-refractivity contribution < 1.29 is 51.1 Å².